The zero-order valence-corrected chi connectivity index (χ0v) is 13.1. The lowest BCUT2D eigenvalue weighted by Gasteiger charge is -2.22. The molecule has 1 atom stereocenters. The Hall–Kier alpha value is -1.84. The zero-order valence-electron chi connectivity index (χ0n) is 12.3. The normalized spacial score (nSPS) is 12.6. The number of aliphatic carboxylic acids is 1. The number of benzene rings is 1. The van der Waals surface area contributed by atoms with E-state index in [4.69, 9.17) is 0 Å². The van der Waals surface area contributed by atoms with Crippen molar-refractivity contribution >= 4 is 16.0 Å². The molecule has 1 aromatic rings. The number of likely N-dealkylation sites (N-methyl/N-ethyl adjacent to an activating group) is 1. The number of sulfonamides is 1. The van der Waals surface area contributed by atoms with Crippen molar-refractivity contribution in [2.75, 3.05) is 7.05 Å². The highest BCUT2D eigenvalue weighted by Gasteiger charge is 2.32. The number of rotatable bonds is 5. The van der Waals surface area contributed by atoms with Gasteiger partial charge in [0.05, 0.1) is 4.90 Å². The highest BCUT2D eigenvalue weighted by atomic mass is 32.2. The van der Waals surface area contributed by atoms with Gasteiger partial charge in [-0.25, -0.2) is 8.42 Å². The monoisotopic (exact) mass is 309 g/mol. The largest absolute Gasteiger partial charge is 0.480 e. The maximum atomic E-state index is 12.4. The molecule has 114 valence electrons. The van der Waals surface area contributed by atoms with Gasteiger partial charge in [0.25, 0.3) is 0 Å². The van der Waals surface area contributed by atoms with Crippen molar-refractivity contribution in [1.29, 1.82) is 0 Å². The summed E-state index contributed by atoms with van der Waals surface area (Å²) in [5, 5.41) is 9.22. The Morgan fingerprint density at radius 2 is 1.86 bits per heavy atom. The van der Waals surface area contributed by atoms with Gasteiger partial charge in [-0.05, 0) is 19.1 Å². The summed E-state index contributed by atoms with van der Waals surface area (Å²) in [6, 6.07) is 5.09. The molecular formula is C15H19NO4S. The summed E-state index contributed by atoms with van der Waals surface area (Å²) >= 11 is 0. The van der Waals surface area contributed by atoms with Crippen LogP contribution in [0, 0.1) is 18.8 Å². The topological polar surface area (TPSA) is 74.7 Å². The molecule has 1 unspecified atom stereocenters. The number of carbonyl (C=O) groups is 1. The average molecular weight is 309 g/mol. The Bertz CT molecular complexity index is 653. The first-order valence-electron chi connectivity index (χ1n) is 6.54. The second-order valence-corrected chi connectivity index (χ2v) is 6.60. The quantitative estimate of drug-likeness (QED) is 0.843. The van der Waals surface area contributed by atoms with Crippen LogP contribution in [0.25, 0.3) is 0 Å². The van der Waals surface area contributed by atoms with Crippen molar-refractivity contribution in [3.8, 4) is 11.8 Å². The smallest absolute Gasteiger partial charge is 0.323 e. The Morgan fingerprint density at radius 1 is 1.29 bits per heavy atom. The molecule has 0 saturated carbocycles. The van der Waals surface area contributed by atoms with Gasteiger partial charge in [0.1, 0.15) is 6.04 Å². The lowest BCUT2D eigenvalue weighted by molar-refractivity contribution is -0.141. The molecule has 1 N–H and O–H groups in total. The SMILES string of the molecule is CCC#CCC(C(=O)O)N(C)S(=O)(=O)c1ccc(C)cc1. The van der Waals surface area contributed by atoms with Crippen LogP contribution < -0.4 is 0 Å². The van der Waals surface area contributed by atoms with Crippen LogP contribution in [0.1, 0.15) is 25.3 Å². The van der Waals surface area contributed by atoms with E-state index in [1.807, 2.05) is 13.8 Å². The first-order chi connectivity index (χ1) is 9.80. The summed E-state index contributed by atoms with van der Waals surface area (Å²) in [6.07, 6.45) is 0.561. The predicted octanol–water partition coefficient (Wildman–Crippen LogP) is 1.87. The molecule has 1 aromatic carbocycles. The average Bonchev–Trinajstić information content (AvgIpc) is 2.43. The molecule has 0 heterocycles. The molecule has 0 amide bonds. The van der Waals surface area contributed by atoms with E-state index in [0.717, 1.165) is 9.87 Å². The van der Waals surface area contributed by atoms with Crippen molar-refractivity contribution in [3.63, 3.8) is 0 Å². The molecular weight excluding hydrogens is 290 g/mol. The fourth-order valence-corrected chi connectivity index (χ4v) is 3.02. The maximum Gasteiger partial charge on any atom is 0.323 e. The summed E-state index contributed by atoms with van der Waals surface area (Å²) in [5.41, 5.74) is 0.931. The van der Waals surface area contributed by atoms with Gasteiger partial charge in [-0.2, -0.15) is 4.31 Å². The summed E-state index contributed by atoms with van der Waals surface area (Å²) in [6.45, 7) is 3.69. The number of nitrogens with zero attached hydrogens (tertiary/aromatic N) is 1. The second-order valence-electron chi connectivity index (χ2n) is 4.60. The van der Waals surface area contributed by atoms with Crippen LogP contribution in [-0.4, -0.2) is 36.9 Å². The van der Waals surface area contributed by atoms with Gasteiger partial charge in [0.15, 0.2) is 0 Å². The molecule has 0 aliphatic heterocycles. The van der Waals surface area contributed by atoms with E-state index in [0.29, 0.717) is 6.42 Å². The molecule has 21 heavy (non-hydrogen) atoms. The minimum Gasteiger partial charge on any atom is -0.480 e. The van der Waals surface area contributed by atoms with Crippen molar-refractivity contribution in [2.24, 2.45) is 0 Å². The molecule has 0 fully saturated rings. The minimum atomic E-state index is -3.85. The van der Waals surface area contributed by atoms with E-state index in [9.17, 15) is 18.3 Å². The van der Waals surface area contributed by atoms with Gasteiger partial charge in [-0.3, -0.25) is 4.79 Å². The third-order valence-electron chi connectivity index (χ3n) is 3.02. The van der Waals surface area contributed by atoms with Crippen LogP contribution in [0.3, 0.4) is 0 Å². The van der Waals surface area contributed by atoms with Crippen molar-refractivity contribution < 1.29 is 18.3 Å². The first kappa shape index (κ1) is 17.2. The summed E-state index contributed by atoms with van der Waals surface area (Å²) < 4.78 is 25.7. The van der Waals surface area contributed by atoms with Gasteiger partial charge in [-0.15, -0.1) is 11.8 Å². The van der Waals surface area contributed by atoms with Crippen LogP contribution in [0.2, 0.25) is 0 Å². The zero-order chi connectivity index (χ0) is 16.0. The molecule has 6 heteroatoms. The van der Waals surface area contributed by atoms with E-state index in [2.05, 4.69) is 11.8 Å². The van der Waals surface area contributed by atoms with E-state index in [-0.39, 0.29) is 11.3 Å². The highest BCUT2D eigenvalue weighted by molar-refractivity contribution is 7.89. The van der Waals surface area contributed by atoms with Crippen molar-refractivity contribution in [3.05, 3.63) is 29.8 Å². The second kappa shape index (κ2) is 7.25. The standard InChI is InChI=1S/C15H19NO4S/c1-4-5-6-7-14(15(17)18)16(3)21(19,20)13-10-8-12(2)9-11-13/h8-11,14H,4,7H2,1-3H3,(H,17,18). The number of carboxylic acid groups (broad SMARTS) is 1. The van der Waals surface area contributed by atoms with Crippen molar-refractivity contribution in [1.82, 2.24) is 4.31 Å². The molecule has 0 aromatic heterocycles. The van der Waals surface area contributed by atoms with Gasteiger partial charge < -0.3 is 5.11 Å². The molecule has 0 saturated heterocycles. The summed E-state index contributed by atoms with van der Waals surface area (Å²) in [4.78, 5) is 11.4. The number of hydrogen-bond acceptors (Lipinski definition) is 3. The molecule has 0 bridgehead atoms. The van der Waals surface area contributed by atoms with E-state index in [1.165, 1.54) is 19.2 Å². The van der Waals surface area contributed by atoms with Gasteiger partial charge in [0, 0.05) is 19.9 Å². The predicted molar refractivity (Wildman–Crippen MR) is 80.2 cm³/mol. The molecule has 0 aliphatic rings. The van der Waals surface area contributed by atoms with Crippen molar-refractivity contribution in [2.45, 2.75) is 37.6 Å². The Kier molecular flexibility index (Phi) is 5.94. The Labute approximate surface area is 125 Å². The number of hydrogen-bond donors (Lipinski definition) is 1. The fourth-order valence-electron chi connectivity index (χ4n) is 1.71. The molecule has 0 radical (unpaired) electrons. The highest BCUT2D eigenvalue weighted by Crippen LogP contribution is 2.18. The minimum absolute atomic E-state index is 0.0369. The molecule has 0 spiro atoms. The van der Waals surface area contributed by atoms with Crippen LogP contribution in [0.4, 0.5) is 0 Å². The summed E-state index contributed by atoms with van der Waals surface area (Å²) in [7, 11) is -2.59. The fraction of sp³-hybridized carbons (Fsp3) is 0.400. The van der Waals surface area contributed by atoms with Crippen LogP contribution in [0.5, 0.6) is 0 Å². The van der Waals surface area contributed by atoms with E-state index >= 15 is 0 Å². The molecule has 1 rings (SSSR count). The van der Waals surface area contributed by atoms with E-state index in [1.54, 1.807) is 12.1 Å². The van der Waals surface area contributed by atoms with Crippen LogP contribution in [0.15, 0.2) is 29.2 Å². The van der Waals surface area contributed by atoms with Gasteiger partial charge >= 0.3 is 5.97 Å². The van der Waals surface area contributed by atoms with E-state index < -0.39 is 22.0 Å². The van der Waals surface area contributed by atoms with Crippen LogP contribution in [-0.2, 0) is 14.8 Å². The van der Waals surface area contributed by atoms with Gasteiger partial charge in [-0.1, -0.05) is 24.6 Å². The number of aryl methyl sites for hydroxylation is 1. The number of carboxylic acids is 1. The maximum absolute atomic E-state index is 12.4. The summed E-state index contributed by atoms with van der Waals surface area (Å²) in [5.74, 6) is 4.24. The van der Waals surface area contributed by atoms with Gasteiger partial charge in [0.2, 0.25) is 10.0 Å². The lowest BCUT2D eigenvalue weighted by atomic mass is 10.2. The van der Waals surface area contributed by atoms with Crippen LogP contribution >= 0.6 is 0 Å². The lowest BCUT2D eigenvalue weighted by Crippen LogP contribution is -2.42. The third kappa shape index (κ3) is 4.31. The molecule has 0 aliphatic carbocycles. The third-order valence-corrected chi connectivity index (χ3v) is 4.90. The Balaban J connectivity index is 3.09. The first-order valence-corrected chi connectivity index (χ1v) is 7.98. The molecule has 5 nitrogen and oxygen atoms in total. The Morgan fingerprint density at radius 3 is 2.33 bits per heavy atom.